The highest BCUT2D eigenvalue weighted by Crippen LogP contribution is 2.31. The minimum Gasteiger partial charge on any atom is -0.361 e. The van der Waals surface area contributed by atoms with Crippen molar-refractivity contribution in [3.8, 4) is 0 Å². The van der Waals surface area contributed by atoms with Crippen LogP contribution in [0.25, 0.3) is 0 Å². The molecule has 0 radical (unpaired) electrons. The second-order valence-corrected chi connectivity index (χ2v) is 7.67. The van der Waals surface area contributed by atoms with E-state index >= 15 is 0 Å². The number of hydrogen-bond acceptors (Lipinski definition) is 5. The molecule has 0 bridgehead atoms. The third-order valence-corrected chi connectivity index (χ3v) is 5.08. The summed E-state index contributed by atoms with van der Waals surface area (Å²) in [6.07, 6.45) is -4.61. The number of rotatable bonds is 5. The summed E-state index contributed by atoms with van der Waals surface area (Å²) in [5.41, 5.74) is -1.06. The predicted molar refractivity (Wildman–Crippen MR) is 97.9 cm³/mol. The highest BCUT2D eigenvalue weighted by atomic mass is 32.2. The van der Waals surface area contributed by atoms with Gasteiger partial charge in [0.25, 0.3) is 15.9 Å². The smallest absolute Gasteiger partial charge is 0.361 e. The second-order valence-electron chi connectivity index (χ2n) is 5.99. The lowest BCUT2D eigenvalue weighted by Crippen LogP contribution is -2.15. The molecule has 29 heavy (non-hydrogen) atoms. The third-order valence-electron chi connectivity index (χ3n) is 3.70. The molecule has 0 atom stereocenters. The van der Waals surface area contributed by atoms with E-state index in [0.717, 1.165) is 12.1 Å². The first-order chi connectivity index (χ1) is 13.5. The maximum atomic E-state index is 12.8. The van der Waals surface area contributed by atoms with E-state index in [1.807, 2.05) is 0 Å². The van der Waals surface area contributed by atoms with E-state index in [9.17, 15) is 26.4 Å². The standard InChI is InChI=1S/C18H14F3N3O4S/c1-11-8-16(23-28-11)17(25)22-13-5-3-7-15(10-13)29(26,27)24-14-6-2-4-12(9-14)18(19,20)21/h2-10,24H,1H3,(H,22,25). The molecule has 0 aliphatic rings. The average Bonchev–Trinajstić information content (AvgIpc) is 3.08. The minimum absolute atomic E-state index is 0.0119. The van der Waals surface area contributed by atoms with Crippen molar-refractivity contribution in [3.05, 3.63) is 71.6 Å². The molecule has 11 heteroatoms. The Hall–Kier alpha value is -3.34. The highest BCUT2D eigenvalue weighted by Gasteiger charge is 2.30. The maximum Gasteiger partial charge on any atom is 0.416 e. The molecule has 0 aliphatic heterocycles. The van der Waals surface area contributed by atoms with E-state index in [0.29, 0.717) is 11.8 Å². The molecule has 2 N–H and O–H groups in total. The van der Waals surface area contributed by atoms with Crippen LogP contribution >= 0.6 is 0 Å². The van der Waals surface area contributed by atoms with E-state index in [-0.39, 0.29) is 22.0 Å². The van der Waals surface area contributed by atoms with Gasteiger partial charge in [-0.15, -0.1) is 0 Å². The Morgan fingerprint density at radius 1 is 1.03 bits per heavy atom. The van der Waals surface area contributed by atoms with E-state index in [4.69, 9.17) is 4.52 Å². The van der Waals surface area contributed by atoms with Gasteiger partial charge in [0.05, 0.1) is 10.5 Å². The zero-order valence-corrected chi connectivity index (χ0v) is 15.6. The minimum atomic E-state index is -4.61. The number of benzene rings is 2. The molecule has 0 unspecified atom stereocenters. The van der Waals surface area contributed by atoms with Crippen LogP contribution in [0.1, 0.15) is 21.8 Å². The molecule has 3 aromatic rings. The molecule has 0 spiro atoms. The van der Waals surface area contributed by atoms with Gasteiger partial charge < -0.3 is 9.84 Å². The number of carbonyl (C=O) groups excluding carboxylic acids is 1. The fourth-order valence-electron chi connectivity index (χ4n) is 2.38. The molecule has 1 amide bonds. The number of halogens is 3. The monoisotopic (exact) mass is 425 g/mol. The molecule has 0 saturated carbocycles. The van der Waals surface area contributed by atoms with Crippen molar-refractivity contribution in [2.75, 3.05) is 10.0 Å². The normalized spacial score (nSPS) is 11.9. The van der Waals surface area contributed by atoms with Gasteiger partial charge in [-0.3, -0.25) is 9.52 Å². The molecule has 3 rings (SSSR count). The molecular weight excluding hydrogens is 411 g/mol. The quantitative estimate of drug-likeness (QED) is 0.642. The van der Waals surface area contributed by atoms with E-state index < -0.39 is 27.7 Å². The topological polar surface area (TPSA) is 101 Å². The number of hydrogen-bond donors (Lipinski definition) is 2. The van der Waals surface area contributed by atoms with Crippen LogP contribution in [0.4, 0.5) is 24.5 Å². The lowest BCUT2D eigenvalue weighted by atomic mass is 10.2. The SMILES string of the molecule is Cc1cc(C(=O)Nc2cccc(S(=O)(=O)Nc3cccc(C(F)(F)F)c3)c2)no1. The number of aromatic nitrogens is 1. The summed E-state index contributed by atoms with van der Waals surface area (Å²) in [7, 11) is -4.20. The Balaban J connectivity index is 1.81. The first-order valence-electron chi connectivity index (χ1n) is 8.09. The van der Waals surface area contributed by atoms with Crippen molar-refractivity contribution in [1.82, 2.24) is 5.16 Å². The van der Waals surface area contributed by atoms with Crippen molar-refractivity contribution in [2.45, 2.75) is 18.0 Å². The number of nitrogens with zero attached hydrogens (tertiary/aromatic N) is 1. The molecule has 0 aliphatic carbocycles. The number of amides is 1. The van der Waals surface area contributed by atoms with E-state index in [1.165, 1.54) is 36.4 Å². The van der Waals surface area contributed by atoms with Crippen molar-refractivity contribution in [2.24, 2.45) is 0 Å². The predicted octanol–water partition coefficient (Wildman–Crippen LogP) is 4.05. The van der Waals surface area contributed by atoms with Crippen LogP contribution in [0.2, 0.25) is 0 Å². The second kappa shape index (κ2) is 7.59. The van der Waals surface area contributed by atoms with Crippen molar-refractivity contribution in [3.63, 3.8) is 0 Å². The molecule has 0 fully saturated rings. The summed E-state index contributed by atoms with van der Waals surface area (Å²) in [6, 6.07) is 10.5. The number of alkyl halides is 3. The van der Waals surface area contributed by atoms with Crippen LogP contribution in [0.3, 0.4) is 0 Å². The van der Waals surface area contributed by atoms with E-state index in [1.54, 1.807) is 6.92 Å². The van der Waals surface area contributed by atoms with Crippen molar-refractivity contribution < 1.29 is 30.9 Å². The Morgan fingerprint density at radius 2 is 1.72 bits per heavy atom. The summed E-state index contributed by atoms with van der Waals surface area (Å²) >= 11 is 0. The van der Waals surface area contributed by atoms with Crippen LogP contribution in [-0.4, -0.2) is 19.5 Å². The first kappa shape index (κ1) is 20.4. The highest BCUT2D eigenvalue weighted by molar-refractivity contribution is 7.92. The van der Waals surface area contributed by atoms with Gasteiger partial charge in [-0.25, -0.2) is 8.42 Å². The van der Waals surface area contributed by atoms with Crippen LogP contribution in [0.15, 0.2) is 64.0 Å². The number of aryl methyl sites for hydroxylation is 1. The summed E-state index contributed by atoms with van der Waals surface area (Å²) < 4.78 is 70.4. The largest absolute Gasteiger partial charge is 0.416 e. The number of sulfonamides is 1. The Labute approximate surface area is 163 Å². The van der Waals surface area contributed by atoms with Gasteiger partial charge in [0.2, 0.25) is 0 Å². The van der Waals surface area contributed by atoms with Gasteiger partial charge in [0, 0.05) is 17.4 Å². The molecule has 2 aromatic carbocycles. The summed E-state index contributed by atoms with van der Waals surface area (Å²) in [6.45, 7) is 1.61. The first-order valence-corrected chi connectivity index (χ1v) is 9.58. The van der Waals surface area contributed by atoms with Crippen LogP contribution < -0.4 is 10.0 Å². The van der Waals surface area contributed by atoms with Gasteiger partial charge in [0.1, 0.15) is 5.76 Å². The number of nitrogens with one attached hydrogen (secondary N) is 2. The molecule has 1 heterocycles. The molecule has 1 aromatic heterocycles. The summed E-state index contributed by atoms with van der Waals surface area (Å²) in [5, 5.41) is 6.03. The van der Waals surface area contributed by atoms with Gasteiger partial charge >= 0.3 is 6.18 Å². The zero-order chi connectivity index (χ0) is 21.2. The van der Waals surface area contributed by atoms with Crippen LogP contribution in [-0.2, 0) is 16.2 Å². The zero-order valence-electron chi connectivity index (χ0n) is 14.8. The summed E-state index contributed by atoms with van der Waals surface area (Å²) in [5.74, 6) is -0.181. The molecular formula is C18H14F3N3O4S. The Kier molecular flexibility index (Phi) is 5.33. The maximum absolute atomic E-state index is 12.8. The summed E-state index contributed by atoms with van der Waals surface area (Å²) in [4.78, 5) is 11.9. The Morgan fingerprint density at radius 3 is 2.38 bits per heavy atom. The number of carbonyl (C=O) groups is 1. The van der Waals surface area contributed by atoms with Crippen molar-refractivity contribution >= 4 is 27.3 Å². The fourth-order valence-corrected chi connectivity index (χ4v) is 3.48. The van der Waals surface area contributed by atoms with Gasteiger partial charge in [-0.05, 0) is 43.3 Å². The van der Waals surface area contributed by atoms with Gasteiger partial charge in [0.15, 0.2) is 5.69 Å². The van der Waals surface area contributed by atoms with Gasteiger partial charge in [-0.2, -0.15) is 13.2 Å². The van der Waals surface area contributed by atoms with E-state index in [2.05, 4.69) is 15.2 Å². The van der Waals surface area contributed by atoms with Crippen molar-refractivity contribution in [1.29, 1.82) is 0 Å². The molecule has 7 nitrogen and oxygen atoms in total. The van der Waals surface area contributed by atoms with Crippen LogP contribution in [0.5, 0.6) is 0 Å². The lowest BCUT2D eigenvalue weighted by Gasteiger charge is -2.12. The Bertz CT molecular complexity index is 1160. The van der Waals surface area contributed by atoms with Gasteiger partial charge in [-0.1, -0.05) is 17.3 Å². The molecule has 152 valence electrons. The third kappa shape index (κ3) is 4.93. The molecule has 0 saturated heterocycles. The fraction of sp³-hybridized carbons (Fsp3) is 0.111. The lowest BCUT2D eigenvalue weighted by molar-refractivity contribution is -0.137. The average molecular weight is 425 g/mol. The van der Waals surface area contributed by atoms with Crippen LogP contribution in [0, 0.1) is 6.92 Å². The number of anilines is 2.